The Balaban J connectivity index is 1.93. The van der Waals surface area contributed by atoms with Gasteiger partial charge in [-0.3, -0.25) is 0 Å². The number of aromatic nitrogens is 4. The zero-order valence-corrected chi connectivity index (χ0v) is 7.28. The molecule has 0 radical (unpaired) electrons. The Morgan fingerprint density at radius 1 is 1.54 bits per heavy atom. The maximum absolute atomic E-state index is 5.23. The fourth-order valence-corrected chi connectivity index (χ4v) is 1.16. The van der Waals surface area contributed by atoms with E-state index in [9.17, 15) is 0 Å². The van der Waals surface area contributed by atoms with Crippen molar-refractivity contribution in [2.75, 3.05) is 11.1 Å². The van der Waals surface area contributed by atoms with Gasteiger partial charge in [0.15, 0.2) is 0 Å². The molecule has 0 atom stereocenters. The van der Waals surface area contributed by atoms with Crippen molar-refractivity contribution < 1.29 is 4.42 Å². The summed E-state index contributed by atoms with van der Waals surface area (Å²) in [4.78, 5) is 0.983. The van der Waals surface area contributed by atoms with Crippen LogP contribution in [-0.4, -0.2) is 19.8 Å². The lowest BCUT2D eigenvalue weighted by Crippen LogP contribution is -1.97. The number of rotatable bonds is 3. The summed E-state index contributed by atoms with van der Waals surface area (Å²) in [6, 6.07) is 0.343. The SMILES string of the molecule is Nc1nnc(NCc2cnns2)o1. The molecule has 8 heteroatoms. The molecule has 2 rings (SSSR count). The lowest BCUT2D eigenvalue weighted by atomic mass is 10.5. The second-order valence-electron chi connectivity index (χ2n) is 2.18. The molecule has 0 unspecified atom stereocenters. The monoisotopic (exact) mass is 198 g/mol. The summed E-state index contributed by atoms with van der Waals surface area (Å²) in [6.45, 7) is 0.555. The Morgan fingerprint density at radius 2 is 2.46 bits per heavy atom. The standard InChI is InChI=1S/C5H6N6OS/c6-4-9-10-5(12-4)7-1-3-2-8-11-13-3/h2H,1H2,(H2,6,9)(H,7,10). The lowest BCUT2D eigenvalue weighted by molar-refractivity contribution is 0.586. The minimum absolute atomic E-state index is 0.0462. The summed E-state index contributed by atoms with van der Waals surface area (Å²) in [5, 5.41) is 13.7. The molecule has 7 nitrogen and oxygen atoms in total. The number of nitrogens with two attached hydrogens (primary N) is 1. The molecule has 0 aliphatic heterocycles. The third-order valence-electron chi connectivity index (χ3n) is 1.26. The molecule has 0 aliphatic rings. The first-order chi connectivity index (χ1) is 6.34. The molecular weight excluding hydrogens is 192 g/mol. The molecule has 3 N–H and O–H groups in total. The van der Waals surface area contributed by atoms with Gasteiger partial charge in [-0.1, -0.05) is 14.7 Å². The first kappa shape index (κ1) is 7.92. The normalized spacial score (nSPS) is 10.2. The number of anilines is 2. The van der Waals surface area contributed by atoms with Gasteiger partial charge < -0.3 is 15.5 Å². The molecule has 0 aromatic carbocycles. The summed E-state index contributed by atoms with van der Waals surface area (Å²) < 4.78 is 8.59. The lowest BCUT2D eigenvalue weighted by Gasteiger charge is -1.94. The van der Waals surface area contributed by atoms with Crippen molar-refractivity contribution in [3.8, 4) is 0 Å². The van der Waals surface area contributed by atoms with Crippen LogP contribution in [-0.2, 0) is 6.54 Å². The topological polar surface area (TPSA) is 103 Å². The van der Waals surface area contributed by atoms with Gasteiger partial charge in [0.05, 0.1) is 17.6 Å². The summed E-state index contributed by atoms with van der Waals surface area (Å²) in [6.07, 6.45) is 1.66. The van der Waals surface area contributed by atoms with Crippen molar-refractivity contribution in [2.45, 2.75) is 6.54 Å². The Bertz CT molecular complexity index is 370. The molecule has 0 bridgehead atoms. The first-order valence-corrected chi connectivity index (χ1v) is 4.21. The van der Waals surface area contributed by atoms with E-state index < -0.39 is 0 Å². The zero-order chi connectivity index (χ0) is 9.10. The molecule has 0 fully saturated rings. The van der Waals surface area contributed by atoms with Gasteiger partial charge in [0.2, 0.25) is 0 Å². The molecular formula is C5H6N6OS. The van der Waals surface area contributed by atoms with Crippen LogP contribution in [0.2, 0.25) is 0 Å². The summed E-state index contributed by atoms with van der Waals surface area (Å²) in [5.41, 5.74) is 5.23. The molecule has 13 heavy (non-hydrogen) atoms. The Kier molecular flexibility index (Phi) is 2.04. The molecule has 2 aromatic rings. The number of nitrogen functional groups attached to an aromatic ring is 1. The maximum Gasteiger partial charge on any atom is 0.317 e. The summed E-state index contributed by atoms with van der Waals surface area (Å²) in [5.74, 6) is 0. The van der Waals surface area contributed by atoms with E-state index in [-0.39, 0.29) is 6.01 Å². The second kappa shape index (κ2) is 3.35. The van der Waals surface area contributed by atoms with Crippen molar-refractivity contribution in [3.05, 3.63) is 11.1 Å². The van der Waals surface area contributed by atoms with Gasteiger partial charge in [0.1, 0.15) is 0 Å². The van der Waals surface area contributed by atoms with Crippen molar-refractivity contribution >= 4 is 23.6 Å². The van der Waals surface area contributed by atoms with E-state index in [1.165, 1.54) is 11.5 Å². The van der Waals surface area contributed by atoms with E-state index in [0.717, 1.165) is 4.88 Å². The van der Waals surface area contributed by atoms with Crippen LogP contribution in [0, 0.1) is 0 Å². The van der Waals surface area contributed by atoms with Gasteiger partial charge in [-0.15, -0.1) is 5.10 Å². The van der Waals surface area contributed by atoms with E-state index in [1.807, 2.05) is 0 Å². The molecule has 0 spiro atoms. The zero-order valence-electron chi connectivity index (χ0n) is 6.47. The van der Waals surface area contributed by atoms with Crippen LogP contribution >= 0.6 is 11.5 Å². The van der Waals surface area contributed by atoms with E-state index in [1.54, 1.807) is 6.20 Å². The molecule has 68 valence electrons. The summed E-state index contributed by atoms with van der Waals surface area (Å²) >= 11 is 1.30. The highest BCUT2D eigenvalue weighted by atomic mass is 32.1. The Hall–Kier alpha value is -1.70. The molecule has 2 heterocycles. The second-order valence-corrected chi connectivity index (χ2v) is 3.05. The van der Waals surface area contributed by atoms with Crippen molar-refractivity contribution in [2.24, 2.45) is 0 Å². The number of nitrogens with one attached hydrogen (secondary N) is 1. The highest BCUT2D eigenvalue weighted by Gasteiger charge is 2.02. The number of hydrogen-bond acceptors (Lipinski definition) is 8. The third kappa shape index (κ3) is 1.90. The van der Waals surface area contributed by atoms with Gasteiger partial charge in [0.25, 0.3) is 0 Å². The van der Waals surface area contributed by atoms with Crippen LogP contribution in [0.15, 0.2) is 10.6 Å². The predicted octanol–water partition coefficient (Wildman–Crippen LogP) is 0.115. The molecule has 0 saturated heterocycles. The minimum atomic E-state index is 0.0462. The van der Waals surface area contributed by atoms with E-state index in [0.29, 0.717) is 12.6 Å². The van der Waals surface area contributed by atoms with Gasteiger partial charge in [-0.05, 0) is 11.5 Å². The van der Waals surface area contributed by atoms with E-state index in [4.69, 9.17) is 10.2 Å². The quantitative estimate of drug-likeness (QED) is 0.721. The van der Waals surface area contributed by atoms with Gasteiger partial charge >= 0.3 is 12.0 Å². The Morgan fingerprint density at radius 3 is 3.08 bits per heavy atom. The van der Waals surface area contributed by atoms with E-state index in [2.05, 4.69) is 25.1 Å². The highest BCUT2D eigenvalue weighted by molar-refractivity contribution is 7.05. The fourth-order valence-electron chi connectivity index (χ4n) is 0.734. The highest BCUT2D eigenvalue weighted by Crippen LogP contribution is 2.09. The van der Waals surface area contributed by atoms with Crippen LogP contribution in [0.4, 0.5) is 12.0 Å². The first-order valence-electron chi connectivity index (χ1n) is 3.43. The Labute approximate surface area is 77.1 Å². The van der Waals surface area contributed by atoms with Gasteiger partial charge in [-0.2, -0.15) is 0 Å². The number of nitrogens with zero attached hydrogens (tertiary/aromatic N) is 4. The largest absolute Gasteiger partial charge is 0.390 e. The van der Waals surface area contributed by atoms with Crippen molar-refractivity contribution in [1.29, 1.82) is 0 Å². The fraction of sp³-hybridized carbons (Fsp3) is 0.200. The van der Waals surface area contributed by atoms with Gasteiger partial charge in [-0.25, -0.2) is 0 Å². The third-order valence-corrected chi connectivity index (χ3v) is 1.92. The van der Waals surface area contributed by atoms with E-state index >= 15 is 0 Å². The minimum Gasteiger partial charge on any atom is -0.390 e. The maximum atomic E-state index is 5.23. The average molecular weight is 198 g/mol. The van der Waals surface area contributed by atoms with Crippen LogP contribution in [0.1, 0.15) is 4.88 Å². The van der Waals surface area contributed by atoms with Crippen LogP contribution in [0.25, 0.3) is 0 Å². The van der Waals surface area contributed by atoms with Crippen LogP contribution < -0.4 is 11.1 Å². The van der Waals surface area contributed by atoms with Crippen LogP contribution in [0.5, 0.6) is 0 Å². The van der Waals surface area contributed by atoms with Crippen molar-refractivity contribution in [3.63, 3.8) is 0 Å². The predicted molar refractivity (Wildman–Crippen MR) is 45.9 cm³/mol. The van der Waals surface area contributed by atoms with Crippen LogP contribution in [0.3, 0.4) is 0 Å². The summed E-state index contributed by atoms with van der Waals surface area (Å²) in [7, 11) is 0. The van der Waals surface area contributed by atoms with Crippen molar-refractivity contribution in [1.82, 2.24) is 19.8 Å². The average Bonchev–Trinajstić information content (AvgIpc) is 2.71. The smallest absolute Gasteiger partial charge is 0.317 e. The molecule has 0 aliphatic carbocycles. The molecule has 0 saturated carbocycles. The van der Waals surface area contributed by atoms with Gasteiger partial charge in [0, 0.05) is 0 Å². The number of hydrogen-bond donors (Lipinski definition) is 2. The molecule has 0 amide bonds. The molecule has 2 aromatic heterocycles.